The molecule has 2 atom stereocenters. The Morgan fingerprint density at radius 3 is 2.46 bits per heavy atom. The first-order valence-corrected chi connectivity index (χ1v) is 18.5. The van der Waals surface area contributed by atoms with E-state index in [2.05, 4.69) is 25.5 Å². The molecule has 2 fully saturated rings. The van der Waals surface area contributed by atoms with E-state index in [1.165, 1.54) is 12.1 Å². The van der Waals surface area contributed by atoms with Crippen molar-refractivity contribution >= 4 is 34.4 Å². The van der Waals surface area contributed by atoms with E-state index in [9.17, 15) is 24.0 Å². The van der Waals surface area contributed by atoms with Crippen LogP contribution in [0, 0.1) is 0 Å². The number of likely N-dealkylation sites (tertiary alicyclic amines) is 1. The van der Waals surface area contributed by atoms with Crippen LogP contribution in [0.15, 0.2) is 66.0 Å². The molecule has 2 saturated heterocycles. The van der Waals surface area contributed by atoms with Gasteiger partial charge in [-0.3, -0.25) is 44.1 Å². The van der Waals surface area contributed by atoms with Crippen molar-refractivity contribution in [3.05, 3.63) is 93.9 Å². The maximum absolute atomic E-state index is 13.1. The van der Waals surface area contributed by atoms with E-state index in [1.54, 1.807) is 55.2 Å². The van der Waals surface area contributed by atoms with E-state index < -0.39 is 29.7 Å². The fourth-order valence-corrected chi connectivity index (χ4v) is 7.65. The number of hydrogen-bond donors (Lipinski definition) is 1. The molecule has 1 N–H and O–H groups in total. The van der Waals surface area contributed by atoms with Gasteiger partial charge in [0, 0.05) is 57.3 Å². The third-order valence-corrected chi connectivity index (χ3v) is 10.6. The van der Waals surface area contributed by atoms with Gasteiger partial charge in [-0.25, -0.2) is 4.68 Å². The second kappa shape index (κ2) is 15.6. The molecule has 0 saturated carbocycles. The minimum atomic E-state index is -1.03. The largest absolute Gasteiger partial charge is 0.496 e. The molecule has 0 radical (unpaired) electrons. The summed E-state index contributed by atoms with van der Waals surface area (Å²) in [5.74, 6) is -0.505. The zero-order chi connectivity index (χ0) is 39.8. The number of methoxy groups -OCH3 is 2. The number of pyridine rings is 2. The molecular weight excluding hydrogens is 736 g/mol. The molecule has 0 spiro atoms. The normalized spacial score (nSPS) is 18.3. The van der Waals surface area contributed by atoms with Crippen LogP contribution in [-0.2, 0) is 41.1 Å². The molecule has 3 aliphatic heterocycles. The van der Waals surface area contributed by atoms with Gasteiger partial charge in [0.1, 0.15) is 35.6 Å². The standard InChI is InChI=1S/C40H40N8O9/c1-45-20-31(27-8-10-41-17-30(27)38(45)51)23-14-34(54-2)32(35(15-23)55-3)21-46-11-9-26(19-46)57-22-24-18-47(44-43-24)12-13-56-25-4-5-28-29(16-25)40(53)48(39(28)52)33-6-7-36(49)42-37(33)50/h4-5,8,10,14-18,20,26,33H,6-7,9,11-13,19,21-22H2,1-3H3,(H,42,49,50). The number of piperidine rings is 1. The summed E-state index contributed by atoms with van der Waals surface area (Å²) in [6.45, 7) is 2.98. The first-order chi connectivity index (χ1) is 27.6. The van der Waals surface area contributed by atoms with Gasteiger partial charge in [-0.1, -0.05) is 5.21 Å². The van der Waals surface area contributed by atoms with Crippen molar-refractivity contribution in [1.82, 2.24) is 39.7 Å². The molecule has 17 nitrogen and oxygen atoms in total. The number of rotatable bonds is 13. The van der Waals surface area contributed by atoms with Crippen molar-refractivity contribution in [3.8, 4) is 28.4 Å². The number of nitrogens with one attached hydrogen (secondary N) is 1. The van der Waals surface area contributed by atoms with Crippen molar-refractivity contribution in [2.24, 2.45) is 7.05 Å². The Bertz CT molecular complexity index is 2450. The van der Waals surface area contributed by atoms with Crippen LogP contribution in [0.4, 0.5) is 0 Å². The van der Waals surface area contributed by atoms with Crippen molar-refractivity contribution in [1.29, 1.82) is 0 Å². The van der Waals surface area contributed by atoms with Crippen molar-refractivity contribution in [2.45, 2.75) is 51.1 Å². The summed E-state index contributed by atoms with van der Waals surface area (Å²) >= 11 is 0. The Morgan fingerprint density at radius 1 is 0.895 bits per heavy atom. The lowest BCUT2D eigenvalue weighted by Crippen LogP contribution is -2.54. The molecule has 3 aliphatic rings. The average molecular weight is 777 g/mol. The van der Waals surface area contributed by atoms with Gasteiger partial charge in [-0.15, -0.1) is 5.10 Å². The predicted octanol–water partition coefficient (Wildman–Crippen LogP) is 2.48. The zero-order valence-corrected chi connectivity index (χ0v) is 31.6. The second-order valence-electron chi connectivity index (χ2n) is 14.2. The molecule has 0 aliphatic carbocycles. The van der Waals surface area contributed by atoms with E-state index in [0.717, 1.165) is 39.9 Å². The van der Waals surface area contributed by atoms with Crippen LogP contribution in [0.3, 0.4) is 0 Å². The lowest BCUT2D eigenvalue weighted by Gasteiger charge is -2.27. The smallest absolute Gasteiger partial charge is 0.262 e. The van der Waals surface area contributed by atoms with E-state index >= 15 is 0 Å². The average Bonchev–Trinajstić information content (AvgIpc) is 3.93. The Kier molecular flexibility index (Phi) is 10.2. The Morgan fingerprint density at radius 2 is 1.68 bits per heavy atom. The Labute approximate surface area is 326 Å². The predicted molar refractivity (Wildman–Crippen MR) is 203 cm³/mol. The van der Waals surface area contributed by atoms with Gasteiger partial charge in [0.15, 0.2) is 0 Å². The van der Waals surface area contributed by atoms with E-state index in [1.807, 2.05) is 24.4 Å². The zero-order valence-electron chi connectivity index (χ0n) is 31.6. The van der Waals surface area contributed by atoms with Crippen LogP contribution in [0.25, 0.3) is 21.9 Å². The van der Waals surface area contributed by atoms with Crippen molar-refractivity contribution in [2.75, 3.05) is 33.9 Å². The quantitative estimate of drug-likeness (QED) is 0.172. The van der Waals surface area contributed by atoms with Gasteiger partial charge < -0.3 is 23.5 Å². The molecule has 0 bridgehead atoms. The van der Waals surface area contributed by atoms with E-state index in [-0.39, 0.29) is 48.8 Å². The molecule has 17 heteroatoms. The van der Waals surface area contributed by atoms with Crippen LogP contribution in [0.2, 0.25) is 0 Å². The molecule has 294 valence electrons. The Balaban J connectivity index is 0.838. The van der Waals surface area contributed by atoms with Crippen LogP contribution in [0.1, 0.15) is 51.2 Å². The highest BCUT2D eigenvalue weighted by Gasteiger charge is 2.44. The molecule has 4 amide bonds. The summed E-state index contributed by atoms with van der Waals surface area (Å²) in [6, 6.07) is 9.35. The summed E-state index contributed by atoms with van der Waals surface area (Å²) in [5.41, 5.74) is 3.53. The van der Waals surface area contributed by atoms with Crippen LogP contribution in [0.5, 0.6) is 17.2 Å². The number of hydrogen-bond acceptors (Lipinski definition) is 13. The number of carbonyl (C=O) groups is 4. The van der Waals surface area contributed by atoms with Gasteiger partial charge in [-0.2, -0.15) is 0 Å². The minimum absolute atomic E-state index is 0.0133. The highest BCUT2D eigenvalue weighted by Crippen LogP contribution is 2.38. The number of aryl methyl sites for hydroxylation is 1. The number of ether oxygens (including phenoxy) is 4. The highest BCUT2D eigenvalue weighted by atomic mass is 16.5. The van der Waals surface area contributed by atoms with Crippen molar-refractivity contribution in [3.63, 3.8) is 0 Å². The van der Waals surface area contributed by atoms with Gasteiger partial charge in [-0.05, 0) is 60.2 Å². The fraction of sp³-hybridized carbons (Fsp3) is 0.350. The van der Waals surface area contributed by atoms with Crippen molar-refractivity contribution < 1.29 is 38.1 Å². The van der Waals surface area contributed by atoms with Crippen LogP contribution >= 0.6 is 0 Å². The number of imide groups is 2. The number of benzene rings is 2. The third kappa shape index (κ3) is 7.34. The fourth-order valence-electron chi connectivity index (χ4n) is 7.65. The van der Waals surface area contributed by atoms with Gasteiger partial charge in [0.05, 0.1) is 61.7 Å². The number of nitrogens with zero attached hydrogens (tertiary/aromatic N) is 7. The summed E-state index contributed by atoms with van der Waals surface area (Å²) < 4.78 is 27.1. The molecule has 8 rings (SSSR count). The van der Waals surface area contributed by atoms with Gasteiger partial charge in [0.2, 0.25) is 11.8 Å². The van der Waals surface area contributed by atoms with Gasteiger partial charge in [0.25, 0.3) is 17.4 Å². The van der Waals surface area contributed by atoms with E-state index in [4.69, 9.17) is 18.9 Å². The first kappa shape index (κ1) is 37.5. The first-order valence-electron chi connectivity index (χ1n) is 18.5. The lowest BCUT2D eigenvalue weighted by molar-refractivity contribution is -0.136. The summed E-state index contributed by atoms with van der Waals surface area (Å²) in [7, 11) is 5.00. The van der Waals surface area contributed by atoms with Gasteiger partial charge >= 0.3 is 0 Å². The number of aromatic nitrogens is 5. The molecule has 2 aromatic carbocycles. The molecule has 5 aromatic rings. The minimum Gasteiger partial charge on any atom is -0.496 e. The highest BCUT2D eigenvalue weighted by molar-refractivity contribution is 6.23. The monoisotopic (exact) mass is 776 g/mol. The van der Waals surface area contributed by atoms with E-state index in [0.29, 0.717) is 48.0 Å². The second-order valence-corrected chi connectivity index (χ2v) is 14.2. The lowest BCUT2D eigenvalue weighted by atomic mass is 9.99. The molecule has 57 heavy (non-hydrogen) atoms. The summed E-state index contributed by atoms with van der Waals surface area (Å²) in [6.07, 6.45) is 7.84. The van der Waals surface area contributed by atoms with Crippen LogP contribution < -0.4 is 25.1 Å². The maximum Gasteiger partial charge on any atom is 0.262 e. The number of carbonyl (C=O) groups excluding carboxylic acids is 4. The number of amides is 4. The molecule has 6 heterocycles. The summed E-state index contributed by atoms with van der Waals surface area (Å²) in [5, 5.41) is 12.0. The summed E-state index contributed by atoms with van der Waals surface area (Å²) in [4.78, 5) is 70.1. The maximum atomic E-state index is 13.1. The molecular formula is C40H40N8O9. The van der Waals surface area contributed by atoms with Crippen LogP contribution in [-0.4, -0.2) is 104 Å². The molecule has 3 aromatic heterocycles. The Hall–Kier alpha value is -6.46. The topological polar surface area (TPSA) is 189 Å². The SMILES string of the molecule is COc1cc(-c2cn(C)c(=O)c3cnccc23)cc(OC)c1CN1CCC(OCc2cn(CCOc3ccc4c(c3)C(=O)N(C3CCC(=O)NC3=O)C4=O)nn2)C1. The molecule has 2 unspecified atom stereocenters. The number of fused-ring (bicyclic) bond motifs is 2. The third-order valence-electron chi connectivity index (χ3n) is 10.6.